The average molecular weight is 436 g/mol. The lowest BCUT2D eigenvalue weighted by atomic mass is 10.2. The van der Waals surface area contributed by atoms with E-state index in [0.717, 1.165) is 14.5 Å². The zero-order chi connectivity index (χ0) is 17.1. The summed E-state index contributed by atoms with van der Waals surface area (Å²) >= 11 is 1.99. The summed E-state index contributed by atoms with van der Waals surface area (Å²) in [5.74, 6) is -1.05. The molecule has 24 heavy (non-hydrogen) atoms. The van der Waals surface area contributed by atoms with Crippen molar-refractivity contribution in [2.24, 2.45) is 0 Å². The van der Waals surface area contributed by atoms with E-state index in [0.29, 0.717) is 0 Å². The number of aromatic nitrogens is 1. The second kappa shape index (κ2) is 7.12. The van der Waals surface area contributed by atoms with Gasteiger partial charge in [0.2, 0.25) is 11.8 Å². The van der Waals surface area contributed by atoms with Crippen molar-refractivity contribution in [3.05, 3.63) is 64.1 Å². The number of hydrogen-bond acceptors (Lipinski definition) is 2. The smallest absolute Gasteiger partial charge is 0.231 e. The molecule has 0 spiro atoms. The van der Waals surface area contributed by atoms with Crippen molar-refractivity contribution in [2.45, 2.75) is 12.8 Å². The molecule has 0 unspecified atom stereocenters. The summed E-state index contributed by atoms with van der Waals surface area (Å²) in [6.45, 7) is 0. The first-order valence-electron chi connectivity index (χ1n) is 7.39. The summed E-state index contributed by atoms with van der Waals surface area (Å²) in [5, 5.41) is 3.47. The molecule has 2 aromatic carbocycles. The number of amides is 1. The van der Waals surface area contributed by atoms with Gasteiger partial charge in [-0.25, -0.2) is 4.39 Å². The molecule has 4 nitrogen and oxygen atoms in total. The number of fused-ring (bicyclic) bond motifs is 1. The van der Waals surface area contributed by atoms with Gasteiger partial charge < -0.3 is 5.32 Å². The molecule has 1 amide bonds. The van der Waals surface area contributed by atoms with Crippen LogP contribution >= 0.6 is 22.6 Å². The third-order valence-electron chi connectivity index (χ3n) is 3.64. The molecule has 122 valence electrons. The van der Waals surface area contributed by atoms with E-state index < -0.39 is 5.82 Å². The van der Waals surface area contributed by atoms with Gasteiger partial charge in [-0.1, -0.05) is 18.2 Å². The lowest BCUT2D eigenvalue weighted by Crippen LogP contribution is -2.16. The average Bonchev–Trinajstić information content (AvgIpc) is 2.99. The van der Waals surface area contributed by atoms with Crippen LogP contribution in [0.3, 0.4) is 0 Å². The van der Waals surface area contributed by atoms with Crippen molar-refractivity contribution in [3.63, 3.8) is 0 Å². The van der Waals surface area contributed by atoms with Gasteiger partial charge in [0, 0.05) is 28.0 Å². The van der Waals surface area contributed by atoms with Crippen molar-refractivity contribution in [1.29, 1.82) is 0 Å². The number of anilines is 1. The Labute approximate surface area is 151 Å². The number of nitrogens with zero attached hydrogens (tertiary/aromatic N) is 1. The van der Waals surface area contributed by atoms with Gasteiger partial charge in [0.15, 0.2) is 0 Å². The second-order valence-electron chi connectivity index (χ2n) is 5.31. The van der Waals surface area contributed by atoms with E-state index in [2.05, 4.69) is 5.32 Å². The summed E-state index contributed by atoms with van der Waals surface area (Å²) in [6, 6.07) is 14.0. The molecule has 0 saturated carbocycles. The molecule has 0 bridgehead atoms. The van der Waals surface area contributed by atoms with Crippen molar-refractivity contribution >= 4 is 51.0 Å². The molecule has 3 aromatic rings. The Bertz CT molecular complexity index is 920. The maximum atomic E-state index is 13.7. The topological polar surface area (TPSA) is 51.1 Å². The molecule has 6 heteroatoms. The van der Waals surface area contributed by atoms with Crippen LogP contribution in [0.15, 0.2) is 54.7 Å². The van der Waals surface area contributed by atoms with Crippen LogP contribution in [0.25, 0.3) is 10.9 Å². The van der Waals surface area contributed by atoms with Crippen molar-refractivity contribution < 1.29 is 14.0 Å². The van der Waals surface area contributed by atoms with Crippen LogP contribution in [0.2, 0.25) is 0 Å². The van der Waals surface area contributed by atoms with Gasteiger partial charge in [-0.05, 0) is 52.9 Å². The number of carbonyl (C=O) groups is 2. The van der Waals surface area contributed by atoms with Gasteiger partial charge in [-0.15, -0.1) is 0 Å². The van der Waals surface area contributed by atoms with Crippen LogP contribution in [-0.2, 0) is 4.79 Å². The summed E-state index contributed by atoms with van der Waals surface area (Å²) in [6.07, 6.45) is 1.75. The zero-order valence-electron chi connectivity index (χ0n) is 12.6. The molecule has 0 aliphatic carbocycles. The van der Waals surface area contributed by atoms with Crippen LogP contribution < -0.4 is 5.32 Å². The molecule has 0 atom stereocenters. The molecule has 0 saturated heterocycles. The van der Waals surface area contributed by atoms with Gasteiger partial charge in [0.25, 0.3) is 0 Å². The molecule has 1 heterocycles. The largest absolute Gasteiger partial charge is 0.324 e. The third-order valence-corrected chi connectivity index (χ3v) is 4.31. The summed E-state index contributed by atoms with van der Waals surface area (Å²) in [5.41, 5.74) is 0.936. The minimum atomic E-state index is -0.488. The van der Waals surface area contributed by atoms with Crippen LogP contribution in [0.5, 0.6) is 0 Å². The van der Waals surface area contributed by atoms with Gasteiger partial charge >= 0.3 is 0 Å². The highest BCUT2D eigenvalue weighted by Gasteiger charge is 2.12. The Morgan fingerprint density at radius 1 is 1.08 bits per heavy atom. The lowest BCUT2D eigenvalue weighted by molar-refractivity contribution is -0.116. The van der Waals surface area contributed by atoms with E-state index >= 15 is 0 Å². The summed E-state index contributed by atoms with van der Waals surface area (Å²) in [7, 11) is 0. The minimum absolute atomic E-state index is 0.00321. The lowest BCUT2D eigenvalue weighted by Gasteiger charge is -2.07. The predicted molar refractivity (Wildman–Crippen MR) is 99.5 cm³/mol. The number of halogens is 2. The monoisotopic (exact) mass is 436 g/mol. The Kier molecular flexibility index (Phi) is 4.94. The minimum Gasteiger partial charge on any atom is -0.324 e. The number of hydrogen-bond donors (Lipinski definition) is 1. The molecular weight excluding hydrogens is 422 g/mol. The molecule has 0 radical (unpaired) electrons. The molecular formula is C18H14FIN2O2. The predicted octanol–water partition coefficient (Wildman–Crippen LogP) is 4.44. The van der Waals surface area contributed by atoms with Crippen molar-refractivity contribution in [1.82, 2.24) is 4.57 Å². The standard InChI is InChI=1S/C18H14FIN2O2/c19-14-11-13(20)5-6-15(14)21-17(23)7-8-18(24)22-10-9-12-3-1-2-4-16(12)22/h1-6,9-11H,7-8H2,(H,21,23). The fraction of sp³-hybridized carbons (Fsp3) is 0.111. The highest BCUT2D eigenvalue weighted by atomic mass is 127. The first-order valence-corrected chi connectivity index (χ1v) is 8.46. The fourth-order valence-electron chi connectivity index (χ4n) is 2.44. The molecule has 1 aromatic heterocycles. The van der Waals surface area contributed by atoms with Gasteiger partial charge in [-0.3, -0.25) is 14.2 Å². The summed E-state index contributed by atoms with van der Waals surface area (Å²) < 4.78 is 16.0. The number of rotatable bonds is 4. The van der Waals surface area contributed by atoms with Crippen molar-refractivity contribution in [2.75, 3.05) is 5.32 Å². The molecule has 3 rings (SSSR count). The molecule has 0 aliphatic heterocycles. The maximum Gasteiger partial charge on any atom is 0.231 e. The normalized spacial score (nSPS) is 10.8. The number of nitrogens with one attached hydrogen (secondary N) is 1. The van der Waals surface area contributed by atoms with E-state index in [1.165, 1.54) is 16.7 Å². The Morgan fingerprint density at radius 2 is 1.88 bits per heavy atom. The maximum absolute atomic E-state index is 13.7. The van der Waals surface area contributed by atoms with Gasteiger partial charge in [0.1, 0.15) is 5.82 Å². The Balaban J connectivity index is 1.62. The fourth-order valence-corrected chi connectivity index (χ4v) is 2.90. The Morgan fingerprint density at radius 3 is 2.67 bits per heavy atom. The number of para-hydroxylation sites is 1. The van der Waals surface area contributed by atoms with Gasteiger partial charge in [-0.2, -0.15) is 0 Å². The number of carbonyl (C=O) groups excluding carboxylic acids is 2. The van der Waals surface area contributed by atoms with Crippen molar-refractivity contribution in [3.8, 4) is 0 Å². The van der Waals surface area contributed by atoms with E-state index in [-0.39, 0.29) is 30.3 Å². The van der Waals surface area contributed by atoms with Crippen LogP contribution in [-0.4, -0.2) is 16.4 Å². The third kappa shape index (κ3) is 3.64. The Hall–Kier alpha value is -2.22. The SMILES string of the molecule is O=C(CCC(=O)n1ccc2ccccc21)Nc1ccc(I)cc1F. The van der Waals surface area contributed by atoms with E-state index in [9.17, 15) is 14.0 Å². The second-order valence-corrected chi connectivity index (χ2v) is 6.56. The van der Waals surface area contributed by atoms with E-state index in [1.54, 1.807) is 12.3 Å². The summed E-state index contributed by atoms with van der Waals surface area (Å²) in [4.78, 5) is 24.2. The van der Waals surface area contributed by atoms with Gasteiger partial charge in [0.05, 0.1) is 11.2 Å². The number of benzene rings is 2. The quantitative estimate of drug-likeness (QED) is 0.615. The van der Waals surface area contributed by atoms with Crippen LogP contribution in [0, 0.1) is 9.39 Å². The highest BCUT2D eigenvalue weighted by molar-refractivity contribution is 14.1. The molecule has 1 N–H and O–H groups in total. The first kappa shape index (κ1) is 16.6. The highest BCUT2D eigenvalue weighted by Crippen LogP contribution is 2.18. The molecule has 0 aliphatic rings. The van der Waals surface area contributed by atoms with Crippen LogP contribution in [0.4, 0.5) is 10.1 Å². The molecule has 0 fully saturated rings. The van der Waals surface area contributed by atoms with Crippen LogP contribution in [0.1, 0.15) is 17.6 Å². The first-order chi connectivity index (χ1) is 11.5. The zero-order valence-corrected chi connectivity index (χ0v) is 14.8. The van der Waals surface area contributed by atoms with E-state index in [4.69, 9.17) is 0 Å². The van der Waals surface area contributed by atoms with E-state index in [1.807, 2.05) is 52.9 Å².